The van der Waals surface area contributed by atoms with Crippen LogP contribution in [-0.4, -0.2) is 46.6 Å². The molecule has 0 spiro atoms. The molecule has 7 heteroatoms. The standard InChI is InChI=1S/C24H26N4O3/c1-15-11-20-22-17(14-28(20)24(30)21(15)23(25)29)12-16-13-18(5-6-19(16)26-22)31-10-9-27-7-3-2-4-8-27/h5-6,11-13H,2-4,7-10,14H2,1H3,(H2,25,29). The van der Waals surface area contributed by atoms with Crippen molar-refractivity contribution in [3.63, 3.8) is 0 Å². The lowest BCUT2D eigenvalue weighted by Crippen LogP contribution is -2.33. The van der Waals surface area contributed by atoms with E-state index in [-0.39, 0.29) is 11.1 Å². The fourth-order valence-corrected chi connectivity index (χ4v) is 4.70. The van der Waals surface area contributed by atoms with Crippen LogP contribution >= 0.6 is 0 Å². The van der Waals surface area contributed by atoms with E-state index in [0.717, 1.165) is 53.2 Å². The SMILES string of the molecule is Cc1cc2n(c(=O)c1C(N)=O)Cc1cc3cc(OCCN4CCCCC4)ccc3nc1-2. The number of ether oxygens (including phenoxy) is 1. The van der Waals surface area contributed by atoms with Crippen LogP contribution in [0.4, 0.5) is 0 Å². The van der Waals surface area contributed by atoms with Crippen molar-refractivity contribution >= 4 is 16.8 Å². The lowest BCUT2D eigenvalue weighted by atomic mass is 10.1. The summed E-state index contributed by atoms with van der Waals surface area (Å²) in [4.78, 5) is 31.8. The van der Waals surface area contributed by atoms with E-state index in [1.807, 2.05) is 24.3 Å². The zero-order valence-corrected chi connectivity index (χ0v) is 17.7. The molecular weight excluding hydrogens is 392 g/mol. The van der Waals surface area contributed by atoms with E-state index in [9.17, 15) is 9.59 Å². The number of hydrogen-bond donors (Lipinski definition) is 1. The molecule has 2 aliphatic heterocycles. The van der Waals surface area contributed by atoms with Gasteiger partial charge in [-0.05, 0) is 68.8 Å². The molecule has 160 valence electrons. The van der Waals surface area contributed by atoms with Gasteiger partial charge in [-0.3, -0.25) is 14.5 Å². The molecule has 3 aromatic rings. The second kappa shape index (κ2) is 7.81. The smallest absolute Gasteiger partial charge is 0.264 e. The van der Waals surface area contributed by atoms with E-state index in [1.54, 1.807) is 11.5 Å². The number of hydrogen-bond acceptors (Lipinski definition) is 5. The van der Waals surface area contributed by atoms with Gasteiger partial charge in [0, 0.05) is 17.5 Å². The van der Waals surface area contributed by atoms with Gasteiger partial charge in [0.1, 0.15) is 17.9 Å². The van der Waals surface area contributed by atoms with Crippen molar-refractivity contribution in [2.75, 3.05) is 26.2 Å². The zero-order valence-electron chi connectivity index (χ0n) is 17.7. The number of piperidine rings is 1. The molecular formula is C24H26N4O3. The van der Waals surface area contributed by atoms with E-state index in [4.69, 9.17) is 15.5 Å². The number of carbonyl (C=O) groups is 1. The molecule has 0 aliphatic carbocycles. The third-order valence-corrected chi connectivity index (χ3v) is 6.30. The molecule has 1 aromatic carbocycles. The molecule has 1 fully saturated rings. The van der Waals surface area contributed by atoms with Gasteiger partial charge in [-0.2, -0.15) is 0 Å². The lowest BCUT2D eigenvalue weighted by Gasteiger charge is -2.26. The second-order valence-electron chi connectivity index (χ2n) is 8.44. The Morgan fingerprint density at radius 1 is 1.16 bits per heavy atom. The maximum Gasteiger partial charge on any atom is 0.264 e. The predicted molar refractivity (Wildman–Crippen MR) is 120 cm³/mol. The number of nitrogens with two attached hydrogens (primary N) is 1. The number of pyridine rings is 2. The van der Waals surface area contributed by atoms with Gasteiger partial charge in [0.2, 0.25) is 0 Å². The molecule has 7 nitrogen and oxygen atoms in total. The fraction of sp³-hybridized carbons (Fsp3) is 0.375. The predicted octanol–water partition coefficient (Wildman–Crippen LogP) is 2.70. The van der Waals surface area contributed by atoms with Crippen molar-refractivity contribution in [3.05, 3.63) is 57.4 Å². The number of fused-ring (bicyclic) bond motifs is 4. The Balaban J connectivity index is 1.41. The Morgan fingerprint density at radius 3 is 2.74 bits per heavy atom. The first-order valence-corrected chi connectivity index (χ1v) is 10.8. The van der Waals surface area contributed by atoms with Crippen molar-refractivity contribution < 1.29 is 9.53 Å². The van der Waals surface area contributed by atoms with Gasteiger partial charge in [-0.1, -0.05) is 6.42 Å². The first kappa shape index (κ1) is 19.8. The van der Waals surface area contributed by atoms with Gasteiger partial charge in [0.25, 0.3) is 11.5 Å². The highest BCUT2D eigenvalue weighted by Crippen LogP contribution is 2.33. The van der Waals surface area contributed by atoms with Crippen LogP contribution in [0.1, 0.15) is 40.7 Å². The zero-order chi connectivity index (χ0) is 21.5. The Bertz CT molecular complexity index is 1240. The van der Waals surface area contributed by atoms with Crippen LogP contribution in [0.5, 0.6) is 5.75 Å². The lowest BCUT2D eigenvalue weighted by molar-refractivity contribution is 0.0998. The largest absolute Gasteiger partial charge is 0.492 e. The third kappa shape index (κ3) is 3.59. The normalized spacial score (nSPS) is 15.6. The highest BCUT2D eigenvalue weighted by molar-refractivity contribution is 5.94. The number of carbonyl (C=O) groups excluding carboxylic acids is 1. The number of primary amides is 1. The summed E-state index contributed by atoms with van der Waals surface area (Å²) in [7, 11) is 0. The van der Waals surface area contributed by atoms with Gasteiger partial charge in [0.05, 0.1) is 23.4 Å². The molecule has 0 radical (unpaired) electrons. The van der Waals surface area contributed by atoms with Crippen molar-refractivity contribution in [2.24, 2.45) is 5.73 Å². The number of benzene rings is 1. The molecule has 0 bridgehead atoms. The van der Waals surface area contributed by atoms with Crippen LogP contribution in [0.3, 0.4) is 0 Å². The summed E-state index contributed by atoms with van der Waals surface area (Å²) < 4.78 is 7.58. The number of likely N-dealkylation sites (tertiary alicyclic amines) is 1. The number of aryl methyl sites for hydroxylation is 1. The average molecular weight is 418 g/mol. The summed E-state index contributed by atoms with van der Waals surface area (Å²) in [5, 5.41) is 0.974. The molecule has 5 rings (SSSR count). The Labute approximate surface area is 180 Å². The minimum atomic E-state index is -0.696. The van der Waals surface area contributed by atoms with Gasteiger partial charge in [-0.25, -0.2) is 4.98 Å². The molecule has 1 amide bonds. The van der Waals surface area contributed by atoms with E-state index >= 15 is 0 Å². The van der Waals surface area contributed by atoms with E-state index in [1.165, 1.54) is 19.3 Å². The highest BCUT2D eigenvalue weighted by atomic mass is 16.5. The topological polar surface area (TPSA) is 90.5 Å². The fourth-order valence-electron chi connectivity index (χ4n) is 4.70. The summed E-state index contributed by atoms with van der Waals surface area (Å²) in [6.45, 7) is 6.05. The number of aromatic nitrogens is 2. The maximum absolute atomic E-state index is 12.8. The van der Waals surface area contributed by atoms with Crippen molar-refractivity contribution in [1.29, 1.82) is 0 Å². The summed E-state index contributed by atoms with van der Waals surface area (Å²) in [5.74, 6) is 0.129. The van der Waals surface area contributed by atoms with Crippen LogP contribution in [-0.2, 0) is 6.54 Å². The molecule has 0 unspecified atom stereocenters. The van der Waals surface area contributed by atoms with Crippen LogP contribution in [0.15, 0.2) is 35.1 Å². The first-order chi connectivity index (χ1) is 15.0. The third-order valence-electron chi connectivity index (χ3n) is 6.30. The van der Waals surface area contributed by atoms with Crippen LogP contribution < -0.4 is 16.0 Å². The van der Waals surface area contributed by atoms with Gasteiger partial charge in [-0.15, -0.1) is 0 Å². The number of rotatable bonds is 5. The maximum atomic E-state index is 12.8. The van der Waals surface area contributed by atoms with Crippen molar-refractivity contribution in [1.82, 2.24) is 14.5 Å². The molecule has 2 aliphatic rings. The second-order valence-corrected chi connectivity index (χ2v) is 8.44. The molecule has 31 heavy (non-hydrogen) atoms. The van der Waals surface area contributed by atoms with Gasteiger partial charge in [0.15, 0.2) is 0 Å². The molecule has 0 saturated carbocycles. The van der Waals surface area contributed by atoms with Crippen LogP contribution in [0.25, 0.3) is 22.3 Å². The summed E-state index contributed by atoms with van der Waals surface area (Å²) in [6.07, 6.45) is 3.89. The summed E-state index contributed by atoms with van der Waals surface area (Å²) in [5.41, 5.74) is 9.00. The molecule has 0 atom stereocenters. The molecule has 1 saturated heterocycles. The Morgan fingerprint density at radius 2 is 1.97 bits per heavy atom. The van der Waals surface area contributed by atoms with Crippen LogP contribution in [0.2, 0.25) is 0 Å². The van der Waals surface area contributed by atoms with E-state index < -0.39 is 5.91 Å². The van der Waals surface area contributed by atoms with Gasteiger partial charge < -0.3 is 15.0 Å². The van der Waals surface area contributed by atoms with Crippen LogP contribution in [0, 0.1) is 6.92 Å². The monoisotopic (exact) mass is 418 g/mol. The van der Waals surface area contributed by atoms with E-state index in [0.29, 0.717) is 18.7 Å². The number of amides is 1. The minimum Gasteiger partial charge on any atom is -0.492 e. The summed E-state index contributed by atoms with van der Waals surface area (Å²) in [6, 6.07) is 9.79. The minimum absolute atomic E-state index is 0.0468. The number of nitrogens with zero attached hydrogens (tertiary/aromatic N) is 3. The van der Waals surface area contributed by atoms with Crippen molar-refractivity contribution in [2.45, 2.75) is 32.7 Å². The van der Waals surface area contributed by atoms with E-state index in [2.05, 4.69) is 11.0 Å². The molecule has 2 N–H and O–H groups in total. The molecule has 4 heterocycles. The average Bonchev–Trinajstić information content (AvgIpc) is 3.10. The first-order valence-electron chi connectivity index (χ1n) is 10.8. The summed E-state index contributed by atoms with van der Waals surface area (Å²) >= 11 is 0. The highest BCUT2D eigenvalue weighted by Gasteiger charge is 2.25. The van der Waals surface area contributed by atoms with Crippen molar-refractivity contribution in [3.8, 4) is 17.1 Å². The molecule has 2 aromatic heterocycles. The quantitative estimate of drug-likeness (QED) is 0.538. The Hall–Kier alpha value is -3.19. The Kier molecular flexibility index (Phi) is 4.98. The van der Waals surface area contributed by atoms with Gasteiger partial charge >= 0.3 is 0 Å².